The molecule has 2 rings (SSSR count). The van der Waals surface area contributed by atoms with Crippen molar-refractivity contribution < 1.29 is 0 Å². The number of hydrogen-bond donors (Lipinski definition) is 1. The highest BCUT2D eigenvalue weighted by Gasteiger charge is 2.06. The second-order valence-corrected chi connectivity index (χ2v) is 6.75. The van der Waals surface area contributed by atoms with Crippen LogP contribution in [0.5, 0.6) is 0 Å². The zero-order valence-corrected chi connectivity index (χ0v) is 13.6. The van der Waals surface area contributed by atoms with E-state index < -0.39 is 0 Å². The van der Waals surface area contributed by atoms with Crippen LogP contribution in [0.25, 0.3) is 0 Å². The van der Waals surface area contributed by atoms with E-state index in [-0.39, 0.29) is 6.04 Å². The smallest absolute Gasteiger partial charge is 0.101 e. The molecule has 0 aliphatic carbocycles. The third-order valence-corrected chi connectivity index (χ3v) is 4.39. The zero-order valence-electron chi connectivity index (χ0n) is 10.4. The number of halogens is 2. The topological polar surface area (TPSA) is 38.9 Å². The maximum absolute atomic E-state index is 6.30. The van der Waals surface area contributed by atoms with Crippen molar-refractivity contribution in [3.05, 3.63) is 51.6 Å². The summed E-state index contributed by atoms with van der Waals surface area (Å²) in [7, 11) is 0. The van der Waals surface area contributed by atoms with Crippen LogP contribution in [0.4, 0.5) is 0 Å². The summed E-state index contributed by atoms with van der Waals surface area (Å²) in [6.45, 7) is 1.99. The van der Waals surface area contributed by atoms with E-state index in [9.17, 15) is 0 Å². The predicted octanol–water partition coefficient (Wildman–Crippen LogP) is 4.54. The molecule has 1 aromatic heterocycles. The van der Waals surface area contributed by atoms with Crippen LogP contribution in [0.3, 0.4) is 0 Å². The highest BCUT2D eigenvalue weighted by Crippen LogP contribution is 2.33. The second kappa shape index (κ2) is 6.75. The van der Waals surface area contributed by atoms with Crippen molar-refractivity contribution in [3.63, 3.8) is 0 Å². The van der Waals surface area contributed by atoms with Gasteiger partial charge in [0.15, 0.2) is 0 Å². The minimum Gasteiger partial charge on any atom is -0.328 e. The van der Waals surface area contributed by atoms with Crippen LogP contribution < -0.4 is 5.73 Å². The minimum absolute atomic E-state index is 0.141. The Kier molecular flexibility index (Phi) is 5.28. The summed E-state index contributed by atoms with van der Waals surface area (Å²) in [5, 5.41) is 1.66. The van der Waals surface area contributed by atoms with Crippen molar-refractivity contribution in [3.8, 4) is 0 Å². The first-order valence-corrected chi connectivity index (χ1v) is 7.87. The Morgan fingerprint density at radius 1 is 1.37 bits per heavy atom. The van der Waals surface area contributed by atoms with Crippen LogP contribution in [-0.4, -0.2) is 11.0 Å². The normalized spacial score (nSPS) is 12.4. The molecular weight excluding hydrogens is 344 g/mol. The molecule has 1 aromatic carbocycles. The summed E-state index contributed by atoms with van der Waals surface area (Å²) in [4.78, 5) is 5.33. The number of hydrogen-bond acceptors (Lipinski definition) is 3. The van der Waals surface area contributed by atoms with E-state index in [4.69, 9.17) is 17.3 Å². The standard InChI is InChI=1S/C14H14BrClN2S/c1-9(17)6-10-2-4-13(12(16)7-10)19-14-5-3-11(15)8-18-14/h2-5,7-9H,6,17H2,1H3. The molecule has 2 aromatic rings. The molecule has 1 heterocycles. The van der Waals surface area contributed by atoms with E-state index in [0.717, 1.165) is 31.4 Å². The number of benzene rings is 1. The summed E-state index contributed by atoms with van der Waals surface area (Å²) in [5.74, 6) is 0. The molecule has 0 aliphatic rings. The van der Waals surface area contributed by atoms with Crippen LogP contribution in [0.1, 0.15) is 12.5 Å². The number of nitrogens with two attached hydrogens (primary N) is 1. The molecule has 5 heteroatoms. The van der Waals surface area contributed by atoms with Crippen molar-refractivity contribution in [2.75, 3.05) is 0 Å². The number of rotatable bonds is 4. The molecule has 0 saturated carbocycles. The molecule has 0 saturated heterocycles. The lowest BCUT2D eigenvalue weighted by atomic mass is 10.1. The number of aromatic nitrogens is 1. The SMILES string of the molecule is CC(N)Cc1ccc(Sc2ccc(Br)cn2)c(Cl)c1. The van der Waals surface area contributed by atoms with Crippen LogP contribution in [0.2, 0.25) is 5.02 Å². The molecule has 0 fully saturated rings. The highest BCUT2D eigenvalue weighted by molar-refractivity contribution is 9.10. The molecule has 1 atom stereocenters. The van der Waals surface area contributed by atoms with Gasteiger partial charge in [-0.15, -0.1) is 0 Å². The first-order valence-electron chi connectivity index (χ1n) is 5.88. The molecular formula is C14H14BrClN2S. The first-order chi connectivity index (χ1) is 9.04. The summed E-state index contributed by atoms with van der Waals surface area (Å²) in [6, 6.07) is 10.1. The molecule has 0 amide bonds. The Hall–Kier alpha value is -0.550. The predicted molar refractivity (Wildman–Crippen MR) is 84.9 cm³/mol. The Morgan fingerprint density at radius 3 is 2.74 bits per heavy atom. The van der Waals surface area contributed by atoms with Gasteiger partial charge in [0.1, 0.15) is 5.03 Å². The van der Waals surface area contributed by atoms with E-state index in [1.54, 1.807) is 18.0 Å². The Bertz CT molecular complexity index is 558. The van der Waals surface area contributed by atoms with Gasteiger partial charge in [-0.3, -0.25) is 0 Å². The zero-order chi connectivity index (χ0) is 13.8. The van der Waals surface area contributed by atoms with E-state index in [2.05, 4.69) is 27.0 Å². The molecule has 2 N–H and O–H groups in total. The molecule has 0 bridgehead atoms. The maximum atomic E-state index is 6.30. The summed E-state index contributed by atoms with van der Waals surface area (Å²) in [5.41, 5.74) is 6.95. The molecule has 0 aliphatic heterocycles. The van der Waals surface area contributed by atoms with Crippen molar-refractivity contribution in [2.45, 2.75) is 29.3 Å². The molecule has 100 valence electrons. The fourth-order valence-electron chi connectivity index (χ4n) is 1.66. The van der Waals surface area contributed by atoms with Crippen molar-refractivity contribution >= 4 is 39.3 Å². The van der Waals surface area contributed by atoms with Crippen LogP contribution >= 0.6 is 39.3 Å². The number of pyridine rings is 1. The van der Waals surface area contributed by atoms with Crippen LogP contribution in [0.15, 0.2) is 50.9 Å². The number of nitrogens with zero attached hydrogens (tertiary/aromatic N) is 1. The van der Waals surface area contributed by atoms with Crippen molar-refractivity contribution in [1.82, 2.24) is 4.98 Å². The van der Waals surface area contributed by atoms with Crippen LogP contribution in [-0.2, 0) is 6.42 Å². The van der Waals surface area contributed by atoms with Crippen LogP contribution in [0, 0.1) is 0 Å². The van der Waals surface area contributed by atoms with Gasteiger partial charge in [-0.1, -0.05) is 29.4 Å². The Morgan fingerprint density at radius 2 is 2.16 bits per heavy atom. The average Bonchev–Trinajstić information content (AvgIpc) is 2.34. The first kappa shape index (κ1) is 14.9. The van der Waals surface area contributed by atoms with Gasteiger partial charge >= 0.3 is 0 Å². The van der Waals surface area contributed by atoms with E-state index >= 15 is 0 Å². The van der Waals surface area contributed by atoms with Gasteiger partial charge < -0.3 is 5.73 Å². The minimum atomic E-state index is 0.141. The lowest BCUT2D eigenvalue weighted by molar-refractivity contribution is 0.738. The van der Waals surface area contributed by atoms with Crippen molar-refractivity contribution in [1.29, 1.82) is 0 Å². The summed E-state index contributed by atoms with van der Waals surface area (Å²) >= 11 is 11.2. The van der Waals surface area contributed by atoms with Gasteiger partial charge in [0.05, 0.1) is 5.02 Å². The van der Waals surface area contributed by atoms with E-state index in [1.165, 1.54) is 0 Å². The van der Waals surface area contributed by atoms with Gasteiger partial charge in [-0.25, -0.2) is 4.98 Å². The maximum Gasteiger partial charge on any atom is 0.101 e. The van der Waals surface area contributed by atoms with Gasteiger partial charge in [0, 0.05) is 21.6 Å². The van der Waals surface area contributed by atoms with E-state index in [1.807, 2.05) is 31.2 Å². The van der Waals surface area contributed by atoms with Gasteiger partial charge in [-0.2, -0.15) is 0 Å². The molecule has 19 heavy (non-hydrogen) atoms. The summed E-state index contributed by atoms with van der Waals surface area (Å²) in [6.07, 6.45) is 2.61. The Labute approximate surface area is 130 Å². The Balaban J connectivity index is 2.15. The van der Waals surface area contributed by atoms with E-state index in [0.29, 0.717) is 0 Å². The highest BCUT2D eigenvalue weighted by atomic mass is 79.9. The lowest BCUT2D eigenvalue weighted by Gasteiger charge is -2.08. The van der Waals surface area contributed by atoms with Gasteiger partial charge in [-0.05, 0) is 59.1 Å². The fraction of sp³-hybridized carbons (Fsp3) is 0.214. The average molecular weight is 358 g/mol. The quantitative estimate of drug-likeness (QED) is 0.873. The molecule has 2 nitrogen and oxygen atoms in total. The van der Waals surface area contributed by atoms with Crippen molar-refractivity contribution in [2.24, 2.45) is 5.73 Å². The molecule has 0 spiro atoms. The monoisotopic (exact) mass is 356 g/mol. The lowest BCUT2D eigenvalue weighted by Crippen LogP contribution is -2.17. The third-order valence-electron chi connectivity index (χ3n) is 2.47. The molecule has 0 radical (unpaired) electrons. The summed E-state index contributed by atoms with van der Waals surface area (Å²) < 4.78 is 0.968. The third kappa shape index (κ3) is 4.49. The fourth-order valence-corrected chi connectivity index (χ4v) is 2.97. The molecule has 1 unspecified atom stereocenters. The van der Waals surface area contributed by atoms with Gasteiger partial charge in [0.2, 0.25) is 0 Å². The second-order valence-electron chi connectivity index (χ2n) is 4.36. The largest absolute Gasteiger partial charge is 0.328 e. The van der Waals surface area contributed by atoms with Gasteiger partial charge in [0.25, 0.3) is 0 Å².